The maximum atomic E-state index is 12.1. The number of carbonyl (C=O) groups excluding carboxylic acids is 2. The molecule has 0 radical (unpaired) electrons. The monoisotopic (exact) mass is 365 g/mol. The lowest BCUT2D eigenvalue weighted by Gasteiger charge is -2.08. The van der Waals surface area contributed by atoms with Crippen LogP contribution in [0.5, 0.6) is 0 Å². The summed E-state index contributed by atoms with van der Waals surface area (Å²) >= 11 is 0. The zero-order chi connectivity index (χ0) is 19.0. The Balaban J connectivity index is 2.49. The van der Waals surface area contributed by atoms with Crippen LogP contribution < -0.4 is 10.5 Å². The summed E-state index contributed by atoms with van der Waals surface area (Å²) in [6, 6.07) is 7.96. The average molecular weight is 365 g/mol. The minimum atomic E-state index is -3.73. The summed E-state index contributed by atoms with van der Waals surface area (Å²) < 4.78 is 31.1. The zero-order valence-electron chi connectivity index (χ0n) is 13.9. The van der Waals surface area contributed by atoms with E-state index in [4.69, 9.17) is 15.7 Å². The first kappa shape index (κ1) is 20.3. The van der Waals surface area contributed by atoms with Crippen LogP contribution in [0.1, 0.15) is 18.9 Å². The van der Waals surface area contributed by atoms with E-state index >= 15 is 0 Å². The fourth-order valence-corrected chi connectivity index (χ4v) is 2.95. The van der Waals surface area contributed by atoms with Gasteiger partial charge in [-0.15, -0.1) is 0 Å². The first-order valence-electron chi connectivity index (χ1n) is 7.29. The molecule has 0 saturated heterocycles. The van der Waals surface area contributed by atoms with Crippen molar-refractivity contribution in [3.8, 4) is 6.07 Å². The van der Waals surface area contributed by atoms with Crippen molar-refractivity contribution in [2.45, 2.75) is 25.2 Å². The van der Waals surface area contributed by atoms with Crippen LogP contribution in [0.15, 0.2) is 40.4 Å². The van der Waals surface area contributed by atoms with Crippen LogP contribution in [0.4, 0.5) is 0 Å². The minimum absolute atomic E-state index is 0.0365. The second-order valence-electron chi connectivity index (χ2n) is 5.22. The molecule has 1 aromatic carbocycles. The van der Waals surface area contributed by atoms with Gasteiger partial charge in [-0.3, -0.25) is 9.59 Å². The number of nitrogens with zero attached hydrogens (tertiary/aromatic N) is 1. The highest BCUT2D eigenvalue weighted by molar-refractivity contribution is 7.89. The number of nitriles is 1. The number of benzene rings is 1. The molecule has 0 fully saturated rings. The van der Waals surface area contributed by atoms with Crippen molar-refractivity contribution >= 4 is 21.8 Å². The molecule has 0 aliphatic carbocycles. The van der Waals surface area contributed by atoms with Gasteiger partial charge in [0.05, 0.1) is 11.3 Å². The van der Waals surface area contributed by atoms with Crippen LogP contribution in [0.25, 0.3) is 0 Å². The SMILES string of the molecule is C/C(N)=C(/C#N)C(=O)COC(=O)CCNS(=O)(=O)c1cccc(C)c1. The summed E-state index contributed by atoms with van der Waals surface area (Å²) in [5.41, 5.74) is 5.92. The molecule has 0 bridgehead atoms. The van der Waals surface area contributed by atoms with Gasteiger partial charge in [-0.1, -0.05) is 12.1 Å². The van der Waals surface area contributed by atoms with E-state index in [9.17, 15) is 18.0 Å². The van der Waals surface area contributed by atoms with Gasteiger partial charge in [0.1, 0.15) is 11.6 Å². The van der Waals surface area contributed by atoms with Crippen molar-refractivity contribution in [2.24, 2.45) is 5.73 Å². The van der Waals surface area contributed by atoms with E-state index < -0.39 is 28.4 Å². The van der Waals surface area contributed by atoms with Gasteiger partial charge in [0.25, 0.3) is 0 Å². The maximum Gasteiger partial charge on any atom is 0.307 e. The fraction of sp³-hybridized carbons (Fsp3) is 0.312. The Hall–Kier alpha value is -2.70. The van der Waals surface area contributed by atoms with Gasteiger partial charge in [0.15, 0.2) is 6.61 Å². The Morgan fingerprint density at radius 3 is 2.60 bits per heavy atom. The number of esters is 1. The average Bonchev–Trinajstić information content (AvgIpc) is 2.53. The van der Waals surface area contributed by atoms with Gasteiger partial charge in [-0.25, -0.2) is 13.1 Å². The molecule has 0 aromatic heterocycles. The van der Waals surface area contributed by atoms with E-state index in [0.29, 0.717) is 0 Å². The smallest absolute Gasteiger partial charge is 0.307 e. The minimum Gasteiger partial charge on any atom is -0.457 e. The summed E-state index contributed by atoms with van der Waals surface area (Å²) in [7, 11) is -3.73. The number of sulfonamides is 1. The number of Topliss-reactive ketones (excluding diaryl/α,β-unsaturated/α-hetero) is 1. The molecule has 0 amide bonds. The third-order valence-corrected chi connectivity index (χ3v) is 4.53. The lowest BCUT2D eigenvalue weighted by atomic mass is 10.1. The molecule has 0 atom stereocenters. The van der Waals surface area contributed by atoms with Gasteiger partial charge >= 0.3 is 5.97 Å². The Morgan fingerprint density at radius 1 is 1.36 bits per heavy atom. The molecule has 3 N–H and O–H groups in total. The van der Waals surface area contributed by atoms with Gasteiger partial charge < -0.3 is 10.5 Å². The number of rotatable bonds is 8. The van der Waals surface area contributed by atoms with Crippen LogP contribution in [0, 0.1) is 18.3 Å². The third-order valence-electron chi connectivity index (χ3n) is 3.07. The molecule has 0 aliphatic rings. The number of hydrogen-bond donors (Lipinski definition) is 2. The molecule has 0 spiro atoms. The van der Waals surface area contributed by atoms with Crippen LogP contribution in [0.3, 0.4) is 0 Å². The Kier molecular flexibility index (Phi) is 7.29. The number of ether oxygens (including phenoxy) is 1. The van der Waals surface area contributed by atoms with Crippen LogP contribution >= 0.6 is 0 Å². The topological polar surface area (TPSA) is 139 Å². The third kappa shape index (κ3) is 6.37. The van der Waals surface area contributed by atoms with E-state index in [1.165, 1.54) is 19.1 Å². The van der Waals surface area contributed by atoms with Crippen LogP contribution in [0.2, 0.25) is 0 Å². The summed E-state index contributed by atoms with van der Waals surface area (Å²) in [5.74, 6) is -1.48. The molecule has 0 aliphatic heterocycles. The van der Waals surface area contributed by atoms with E-state index in [2.05, 4.69) is 4.72 Å². The quantitative estimate of drug-likeness (QED) is 0.389. The van der Waals surface area contributed by atoms with Crippen molar-refractivity contribution in [2.75, 3.05) is 13.2 Å². The Bertz CT molecular complexity index is 834. The summed E-state index contributed by atoms with van der Waals surface area (Å²) in [6.07, 6.45) is -0.258. The van der Waals surface area contributed by atoms with Crippen molar-refractivity contribution in [3.63, 3.8) is 0 Å². The number of nitrogens with two attached hydrogens (primary N) is 1. The number of aryl methyl sites for hydroxylation is 1. The first-order valence-corrected chi connectivity index (χ1v) is 8.77. The number of allylic oxidation sites excluding steroid dienone is 1. The summed E-state index contributed by atoms with van der Waals surface area (Å²) in [5, 5.41) is 8.76. The molecular weight excluding hydrogens is 346 g/mol. The molecule has 1 rings (SSSR count). The summed E-state index contributed by atoms with van der Waals surface area (Å²) in [6.45, 7) is 2.35. The second-order valence-corrected chi connectivity index (χ2v) is 6.98. The molecule has 9 heteroatoms. The van der Waals surface area contributed by atoms with Gasteiger partial charge in [0, 0.05) is 12.2 Å². The number of hydrogen-bond acceptors (Lipinski definition) is 7. The molecule has 0 unspecified atom stereocenters. The van der Waals surface area contributed by atoms with Crippen molar-refractivity contribution in [3.05, 3.63) is 41.1 Å². The van der Waals surface area contributed by atoms with Gasteiger partial charge in [-0.05, 0) is 31.5 Å². The first-order chi connectivity index (χ1) is 11.7. The molecule has 134 valence electrons. The van der Waals surface area contributed by atoms with Crippen molar-refractivity contribution in [1.29, 1.82) is 5.26 Å². The standard InChI is InChI=1S/C16H19N3O5S/c1-11-4-3-5-13(8-11)25(22,23)19-7-6-16(21)24-10-15(20)14(9-17)12(2)18/h3-5,8,19H,6-7,10,18H2,1-2H3/b14-12+. The lowest BCUT2D eigenvalue weighted by molar-refractivity contribution is -0.146. The molecule has 0 heterocycles. The van der Waals surface area contributed by atoms with E-state index in [-0.39, 0.29) is 29.1 Å². The number of ketones is 1. The van der Waals surface area contributed by atoms with E-state index in [1.807, 2.05) is 0 Å². The highest BCUT2D eigenvalue weighted by Gasteiger charge is 2.16. The number of nitrogens with one attached hydrogen (secondary N) is 1. The fourth-order valence-electron chi connectivity index (χ4n) is 1.81. The molecule has 0 saturated carbocycles. The van der Waals surface area contributed by atoms with Crippen molar-refractivity contribution < 1.29 is 22.7 Å². The second kappa shape index (κ2) is 8.96. The van der Waals surface area contributed by atoms with Crippen molar-refractivity contribution in [1.82, 2.24) is 4.72 Å². The van der Waals surface area contributed by atoms with E-state index in [1.54, 1.807) is 25.1 Å². The lowest BCUT2D eigenvalue weighted by Crippen LogP contribution is -2.27. The normalized spacial score (nSPS) is 12.0. The number of carbonyl (C=O) groups is 2. The zero-order valence-corrected chi connectivity index (χ0v) is 14.7. The highest BCUT2D eigenvalue weighted by Crippen LogP contribution is 2.10. The molecule has 1 aromatic rings. The summed E-state index contributed by atoms with van der Waals surface area (Å²) in [4.78, 5) is 23.3. The van der Waals surface area contributed by atoms with Crippen LogP contribution in [-0.2, 0) is 24.3 Å². The van der Waals surface area contributed by atoms with Gasteiger partial charge in [0.2, 0.25) is 15.8 Å². The predicted molar refractivity (Wildman–Crippen MR) is 89.5 cm³/mol. The van der Waals surface area contributed by atoms with Crippen LogP contribution in [-0.4, -0.2) is 33.3 Å². The van der Waals surface area contributed by atoms with E-state index in [0.717, 1.165) is 5.56 Å². The maximum absolute atomic E-state index is 12.1. The predicted octanol–water partition coefficient (Wildman–Crippen LogP) is 0.532. The molecular formula is C16H19N3O5S. The Morgan fingerprint density at radius 2 is 2.04 bits per heavy atom. The highest BCUT2D eigenvalue weighted by atomic mass is 32.2. The largest absolute Gasteiger partial charge is 0.457 e. The Labute approximate surface area is 146 Å². The van der Waals surface area contributed by atoms with Gasteiger partial charge in [-0.2, -0.15) is 5.26 Å². The molecule has 8 nitrogen and oxygen atoms in total. The molecule has 25 heavy (non-hydrogen) atoms.